The number of nitrogens with zero attached hydrogens (tertiary/aromatic N) is 22. The van der Waals surface area contributed by atoms with Crippen LogP contribution in [0.5, 0.6) is 0 Å². The summed E-state index contributed by atoms with van der Waals surface area (Å²) in [5, 5.41) is 78.9. The number of hydrogen-bond donors (Lipinski definition) is 18. The van der Waals surface area contributed by atoms with Gasteiger partial charge < -0.3 is 92.1 Å². The smallest absolute Gasteiger partial charge is 0.293 e. The average molecular weight is 1960 g/mol. The van der Waals surface area contributed by atoms with Crippen LogP contribution in [0.2, 0.25) is 0 Å². The number of pyridine rings is 5. The van der Waals surface area contributed by atoms with Crippen LogP contribution in [0.25, 0.3) is 111 Å². The maximum Gasteiger partial charge on any atom is 0.293 e. The van der Waals surface area contributed by atoms with Crippen LogP contribution in [-0.2, 0) is 0 Å². The first-order chi connectivity index (χ1) is 71.4. The first kappa shape index (κ1) is 93.0. The van der Waals surface area contributed by atoms with Crippen molar-refractivity contribution in [1.82, 2.24) is 153 Å². The van der Waals surface area contributed by atoms with Gasteiger partial charge in [0.2, 0.25) is 40.8 Å². The lowest BCUT2D eigenvalue weighted by molar-refractivity contribution is 0.101. The van der Waals surface area contributed by atoms with Crippen molar-refractivity contribution >= 4 is 152 Å². The van der Waals surface area contributed by atoms with E-state index >= 15 is 0 Å². The highest BCUT2D eigenvalue weighted by atomic mass is 32.1. The molecule has 25 rings (SSSR count). The van der Waals surface area contributed by atoms with Crippen LogP contribution in [0.3, 0.4) is 0 Å². The van der Waals surface area contributed by atoms with Gasteiger partial charge in [0.15, 0.2) is 23.3 Å². The Hall–Kier alpha value is -18.3. The molecule has 5 aliphatic heterocycles. The Morgan fingerprint density at radius 1 is 0.310 bits per heavy atom. The van der Waals surface area contributed by atoms with Crippen LogP contribution in [0.15, 0.2) is 236 Å². The Labute approximate surface area is 828 Å². The summed E-state index contributed by atoms with van der Waals surface area (Å²) < 4.78 is 6.70. The highest BCUT2D eigenvalue weighted by Crippen LogP contribution is 2.37. The predicted molar refractivity (Wildman–Crippen MR) is 552 cm³/mol. The van der Waals surface area contributed by atoms with Crippen LogP contribution in [0, 0.1) is 0 Å². The summed E-state index contributed by atoms with van der Waals surface area (Å²) in [5.74, 6) is 1.43. The second-order valence-corrected chi connectivity index (χ2v) is 34.6. The largest absolute Gasteiger partial charge is 0.464 e. The Balaban J connectivity index is 0.000000107. The molecule has 0 aliphatic carbocycles. The number of thiophene rings is 1. The van der Waals surface area contributed by atoms with Gasteiger partial charge in [-0.25, -0.2) is 24.9 Å². The molecule has 18 N–H and O–H groups in total. The molecule has 5 saturated heterocycles. The summed E-state index contributed by atoms with van der Waals surface area (Å²) in [6.45, 7) is 17.8. The van der Waals surface area contributed by atoms with Crippen molar-refractivity contribution in [1.29, 1.82) is 0 Å². The molecule has 0 unspecified atom stereocenters. The highest BCUT2D eigenvalue weighted by molar-refractivity contribution is 7.17. The van der Waals surface area contributed by atoms with E-state index in [-0.39, 0.29) is 58.7 Å². The van der Waals surface area contributed by atoms with Crippen molar-refractivity contribution in [2.45, 2.75) is 0 Å². The number of anilines is 10. The number of aromatic amines is 8. The van der Waals surface area contributed by atoms with Gasteiger partial charge in [-0.05, 0) is 66.7 Å². The molecule has 46 nitrogen and oxygen atoms in total. The predicted octanol–water partition coefficient (Wildman–Crippen LogP) is 9.84. The van der Waals surface area contributed by atoms with Gasteiger partial charge in [-0.1, -0.05) is 84.9 Å². The molecule has 145 heavy (non-hydrogen) atoms. The summed E-state index contributed by atoms with van der Waals surface area (Å²) in [6, 6.07) is 48.5. The van der Waals surface area contributed by atoms with Crippen molar-refractivity contribution in [2.75, 3.05) is 182 Å². The second kappa shape index (κ2) is 43.6. The molecule has 15 aromatic heterocycles. The Morgan fingerprint density at radius 3 is 1.10 bits per heavy atom. The zero-order chi connectivity index (χ0) is 98.2. The van der Waals surface area contributed by atoms with E-state index in [2.05, 4.69) is 210 Å². The number of carbonyl (C=O) groups excluding carboxylic acids is 5. The van der Waals surface area contributed by atoms with Crippen LogP contribution >= 0.6 is 11.3 Å². The number of benzene rings is 5. The summed E-state index contributed by atoms with van der Waals surface area (Å²) in [7, 11) is 0. The van der Waals surface area contributed by atoms with E-state index in [4.69, 9.17) is 4.42 Å². The van der Waals surface area contributed by atoms with Gasteiger partial charge in [0.05, 0.1) is 110 Å². The number of imidazole rings is 1. The molecule has 20 aromatic rings. The number of furan rings is 1. The van der Waals surface area contributed by atoms with E-state index in [0.29, 0.717) is 69.1 Å². The van der Waals surface area contributed by atoms with Gasteiger partial charge >= 0.3 is 0 Å². The maximum atomic E-state index is 12.8. The molecule has 5 fully saturated rings. The van der Waals surface area contributed by atoms with Gasteiger partial charge in [0, 0.05) is 216 Å². The number of amides is 5. The van der Waals surface area contributed by atoms with Crippen molar-refractivity contribution in [2.24, 2.45) is 0 Å². The molecule has 47 heteroatoms. The molecule has 5 amide bonds. The van der Waals surface area contributed by atoms with Gasteiger partial charge in [0.25, 0.3) is 29.5 Å². The van der Waals surface area contributed by atoms with E-state index < -0.39 is 0 Å². The van der Waals surface area contributed by atoms with E-state index in [0.717, 1.165) is 230 Å². The second-order valence-electron chi connectivity index (χ2n) is 33.7. The summed E-state index contributed by atoms with van der Waals surface area (Å²) in [4.78, 5) is 128. The number of nitrogens with one attached hydrogen (secondary N) is 18. The molecular weight excluding hydrogens is 1870 g/mol. The molecule has 20 heterocycles. The van der Waals surface area contributed by atoms with Crippen LogP contribution in [-0.4, -0.2) is 286 Å². The zero-order valence-electron chi connectivity index (χ0n) is 77.8. The number of piperazine rings is 5. The Kier molecular flexibility index (Phi) is 28.0. The molecule has 0 radical (unpaired) electrons. The van der Waals surface area contributed by atoms with Crippen LogP contribution in [0.4, 0.5) is 56.9 Å². The SMILES string of the molecule is O=C(Nc1cnccc1N1CCNCC1)c1nc(-c2c[nH]c3ccccc23)n[nH]1.O=C(Nc1cnccc1N1CCNCC1)c1nc(-c2coc3ccccc23)n[nH]1.O=C(Nc1cnccc1N1CCNCC1)c1nc(-c2csc3ccccc23)n[nH]1.O=C(Nc1cnccc1N1CCNCC1)c1nc(-c2n[nH]c3ccccc23)n[nH]1.O=C(Nc1cnccc1N1CCNCC1)c1nc(-c2nc3ccccc3[nH]2)n[nH]1. The summed E-state index contributed by atoms with van der Waals surface area (Å²) in [6.07, 6.45) is 20.4. The molecule has 0 saturated carbocycles. The number of aromatic nitrogens is 25. The molecule has 0 spiro atoms. The van der Waals surface area contributed by atoms with E-state index in [1.54, 1.807) is 79.6 Å². The standard InChI is InChI=1S/C20H20N8O.C20H19N7O2.C20H19N7OS.2C19H19N9O/c29-20(24-16-12-22-6-5-17(16)28-9-7-21-8-10-28)19-25-18(26-27-19)14-11-23-15-4-2-1-3-13(14)15;2*28-20(23-15-11-22-6-5-16(15)27-9-7-21-8-10-27)19-24-18(25-26-19)14-12-29-17-4-2-1-3-13(14)17;29-19(24-14-11-21-6-5-15(14)28-9-7-20-8-10-28)18-25-17(26-27-18)16-22-12-3-1-2-4-13(12)23-16;29-19(22-14-11-21-6-5-15(14)28-9-7-20-8-10-28)18-23-17(26-27-18)16-12-3-1-2-4-13(12)24-25-16/h1-6,11-12,21,23H,7-10H2,(H,24,29)(H,25,26,27);2*1-6,11-12,21H,7-10H2,(H,23,28)(H,24,25,26);1-6,11,20H,7-10H2,(H,22,23)(H,24,29)(H,25,26,27);1-6,11,20H,7-10H2,(H,22,29)(H,24,25)(H,23,26,27). The van der Waals surface area contributed by atoms with Crippen molar-refractivity contribution in [3.8, 4) is 57.3 Å². The van der Waals surface area contributed by atoms with Crippen LogP contribution < -0.4 is 77.7 Å². The van der Waals surface area contributed by atoms with Gasteiger partial charge in [-0.2, -0.15) is 30.5 Å². The number of para-hydroxylation sites is 5. The first-order valence-corrected chi connectivity index (χ1v) is 47.9. The summed E-state index contributed by atoms with van der Waals surface area (Å²) >= 11 is 1.63. The number of carbonyl (C=O) groups is 5. The minimum Gasteiger partial charge on any atom is -0.464 e. The monoisotopic (exact) mass is 1960 g/mol. The third kappa shape index (κ3) is 21.3. The molecule has 0 atom stereocenters. The van der Waals surface area contributed by atoms with E-state index in [1.807, 2.05) is 157 Å². The average Bonchev–Trinajstić information content (AvgIpc) is 1.65. The van der Waals surface area contributed by atoms with Gasteiger partial charge in [-0.15, -0.1) is 16.4 Å². The molecule has 5 aromatic carbocycles. The number of fused-ring (bicyclic) bond motifs is 5. The highest BCUT2D eigenvalue weighted by Gasteiger charge is 2.29. The third-order valence-corrected chi connectivity index (χ3v) is 25.5. The summed E-state index contributed by atoms with van der Waals surface area (Å²) in [5.41, 5.74) is 15.4. The van der Waals surface area contributed by atoms with Crippen molar-refractivity contribution in [3.63, 3.8) is 0 Å². The fourth-order valence-corrected chi connectivity index (χ4v) is 18.3. The Morgan fingerprint density at radius 2 is 0.655 bits per heavy atom. The molecular formula is C98H96N40O6S. The lowest BCUT2D eigenvalue weighted by Gasteiger charge is -2.30. The number of H-pyrrole nitrogens is 8. The number of rotatable bonds is 20. The van der Waals surface area contributed by atoms with E-state index in [9.17, 15) is 24.0 Å². The quantitative estimate of drug-likeness (QED) is 0.0337. The van der Waals surface area contributed by atoms with Crippen molar-refractivity contribution < 1.29 is 28.4 Å². The first-order valence-electron chi connectivity index (χ1n) is 47.0. The molecule has 730 valence electrons. The van der Waals surface area contributed by atoms with Gasteiger partial charge in [-0.3, -0.25) is 79.5 Å². The Bertz CT molecular complexity index is 7150. The molecule has 5 aliphatic rings. The fraction of sp³-hybridized carbons (Fsp3) is 0.204. The zero-order valence-corrected chi connectivity index (χ0v) is 78.6. The fourth-order valence-electron chi connectivity index (χ4n) is 17.4. The van der Waals surface area contributed by atoms with Gasteiger partial charge in [0.1, 0.15) is 17.5 Å². The topological polar surface area (TPSA) is 580 Å². The normalized spacial score (nSPS) is 14.3. The number of hydrogen-bond acceptors (Lipinski definition) is 34. The molecule has 0 bridgehead atoms. The lowest BCUT2D eigenvalue weighted by Crippen LogP contribution is -2.43. The minimum absolute atomic E-state index is 0.107. The third-order valence-electron chi connectivity index (χ3n) is 24.6. The van der Waals surface area contributed by atoms with E-state index in [1.165, 1.54) is 0 Å². The lowest BCUT2D eigenvalue weighted by atomic mass is 10.2. The van der Waals surface area contributed by atoms with Crippen molar-refractivity contribution in [3.05, 3.63) is 261 Å². The van der Waals surface area contributed by atoms with Crippen LogP contribution in [0.1, 0.15) is 53.1 Å². The maximum absolute atomic E-state index is 12.8. The minimum atomic E-state index is -0.385.